The Morgan fingerprint density at radius 3 is 2.44 bits per heavy atom. The van der Waals surface area contributed by atoms with Gasteiger partial charge in [-0.15, -0.1) is 0 Å². The van der Waals surface area contributed by atoms with Crippen molar-refractivity contribution in [1.29, 1.82) is 0 Å². The van der Waals surface area contributed by atoms with Gasteiger partial charge in [-0.3, -0.25) is 0 Å². The summed E-state index contributed by atoms with van der Waals surface area (Å²) in [6.45, 7) is 9.76. The quantitative estimate of drug-likeness (QED) is 0.742. The van der Waals surface area contributed by atoms with Crippen molar-refractivity contribution in [3.05, 3.63) is 29.3 Å². The summed E-state index contributed by atoms with van der Waals surface area (Å²) in [6, 6.07) is 6.58. The summed E-state index contributed by atoms with van der Waals surface area (Å²) < 4.78 is 5.85. The van der Waals surface area contributed by atoms with Crippen LogP contribution in [0.3, 0.4) is 0 Å². The van der Waals surface area contributed by atoms with E-state index in [9.17, 15) is 0 Å². The lowest BCUT2D eigenvalue weighted by atomic mass is 9.86. The Morgan fingerprint density at radius 2 is 1.88 bits per heavy atom. The van der Waals surface area contributed by atoms with Crippen LogP contribution in [0.5, 0.6) is 5.75 Å². The highest BCUT2D eigenvalue weighted by Gasteiger charge is 2.22. The van der Waals surface area contributed by atoms with Gasteiger partial charge in [0, 0.05) is 0 Å². The average molecular weight is 218 g/mol. The monoisotopic (exact) mass is 218 g/mol. The van der Waals surface area contributed by atoms with E-state index in [-0.39, 0.29) is 5.41 Å². The molecule has 0 spiro atoms. The topological polar surface area (TPSA) is 9.23 Å². The van der Waals surface area contributed by atoms with Gasteiger partial charge in [0.15, 0.2) is 0 Å². The van der Waals surface area contributed by atoms with E-state index in [4.69, 9.17) is 4.74 Å². The van der Waals surface area contributed by atoms with E-state index in [1.807, 2.05) is 0 Å². The molecule has 0 aromatic heterocycles. The number of hydrogen-bond acceptors (Lipinski definition) is 1. The van der Waals surface area contributed by atoms with Gasteiger partial charge < -0.3 is 4.74 Å². The molecule has 0 amide bonds. The predicted molar refractivity (Wildman–Crippen MR) is 68.1 cm³/mol. The molecule has 0 unspecified atom stereocenters. The van der Waals surface area contributed by atoms with E-state index >= 15 is 0 Å². The maximum Gasteiger partial charge on any atom is 0.119 e. The minimum Gasteiger partial charge on any atom is -0.493 e. The Kier molecular flexibility index (Phi) is 2.96. The fourth-order valence-electron chi connectivity index (χ4n) is 1.76. The Hall–Kier alpha value is -0.980. The summed E-state index contributed by atoms with van der Waals surface area (Å²) in [7, 11) is 0. The molecule has 88 valence electrons. The molecule has 0 N–H and O–H groups in total. The Balaban J connectivity index is 2.14. The van der Waals surface area contributed by atoms with Crippen LogP contribution < -0.4 is 4.74 Å². The van der Waals surface area contributed by atoms with Crippen molar-refractivity contribution in [3.8, 4) is 5.75 Å². The molecule has 0 radical (unpaired) electrons. The van der Waals surface area contributed by atoms with E-state index in [2.05, 4.69) is 45.9 Å². The van der Waals surface area contributed by atoms with Gasteiger partial charge in [-0.05, 0) is 54.4 Å². The van der Waals surface area contributed by atoms with Gasteiger partial charge >= 0.3 is 0 Å². The van der Waals surface area contributed by atoms with Crippen molar-refractivity contribution in [1.82, 2.24) is 0 Å². The second-order valence-electron chi connectivity index (χ2n) is 6.04. The SMILES string of the molecule is Cc1cc(OCC2CC2)cc(C(C)(C)C)c1. The molecule has 1 nitrogen and oxygen atoms in total. The van der Waals surface area contributed by atoms with Crippen LogP contribution in [0.2, 0.25) is 0 Å². The number of rotatable bonds is 3. The zero-order chi connectivity index (χ0) is 11.8. The molecule has 0 heterocycles. The lowest BCUT2D eigenvalue weighted by Crippen LogP contribution is -2.11. The molecule has 1 saturated carbocycles. The van der Waals surface area contributed by atoms with Crippen molar-refractivity contribution < 1.29 is 4.74 Å². The first-order valence-electron chi connectivity index (χ1n) is 6.20. The van der Waals surface area contributed by atoms with Crippen molar-refractivity contribution in [2.75, 3.05) is 6.61 Å². The number of hydrogen-bond donors (Lipinski definition) is 0. The Bertz CT molecular complexity index is 370. The zero-order valence-electron chi connectivity index (χ0n) is 10.8. The van der Waals surface area contributed by atoms with E-state index in [0.717, 1.165) is 18.3 Å². The third-order valence-corrected chi connectivity index (χ3v) is 3.10. The van der Waals surface area contributed by atoms with Gasteiger partial charge in [0.25, 0.3) is 0 Å². The van der Waals surface area contributed by atoms with Crippen LogP contribution >= 0.6 is 0 Å². The van der Waals surface area contributed by atoms with Crippen molar-refractivity contribution in [2.24, 2.45) is 5.92 Å². The average Bonchev–Trinajstić information content (AvgIpc) is 2.96. The van der Waals surface area contributed by atoms with Crippen molar-refractivity contribution in [2.45, 2.75) is 46.0 Å². The van der Waals surface area contributed by atoms with Gasteiger partial charge in [-0.1, -0.05) is 26.8 Å². The number of benzene rings is 1. The molecule has 1 fully saturated rings. The Morgan fingerprint density at radius 1 is 1.19 bits per heavy atom. The zero-order valence-corrected chi connectivity index (χ0v) is 10.8. The highest BCUT2D eigenvalue weighted by Crippen LogP contribution is 2.31. The highest BCUT2D eigenvalue weighted by atomic mass is 16.5. The summed E-state index contributed by atoms with van der Waals surface area (Å²) >= 11 is 0. The van der Waals surface area contributed by atoms with Gasteiger partial charge in [0.2, 0.25) is 0 Å². The normalized spacial score (nSPS) is 16.2. The van der Waals surface area contributed by atoms with Crippen LogP contribution in [0.4, 0.5) is 0 Å². The van der Waals surface area contributed by atoms with Gasteiger partial charge in [-0.25, -0.2) is 0 Å². The van der Waals surface area contributed by atoms with E-state index in [0.29, 0.717) is 0 Å². The van der Waals surface area contributed by atoms with Crippen molar-refractivity contribution in [3.63, 3.8) is 0 Å². The fraction of sp³-hybridized carbons (Fsp3) is 0.600. The first-order chi connectivity index (χ1) is 7.45. The molecular weight excluding hydrogens is 196 g/mol. The lowest BCUT2D eigenvalue weighted by Gasteiger charge is -2.20. The van der Waals surface area contributed by atoms with Gasteiger partial charge in [0.05, 0.1) is 6.61 Å². The standard InChI is InChI=1S/C15H22O/c1-11-7-13(15(2,3)4)9-14(8-11)16-10-12-5-6-12/h7-9,12H,5-6,10H2,1-4H3. The summed E-state index contributed by atoms with van der Waals surface area (Å²) in [4.78, 5) is 0. The first-order valence-corrected chi connectivity index (χ1v) is 6.20. The van der Waals surface area contributed by atoms with Crippen LogP contribution in [0, 0.1) is 12.8 Å². The summed E-state index contributed by atoms with van der Waals surface area (Å²) in [5.41, 5.74) is 2.85. The van der Waals surface area contributed by atoms with Crippen LogP contribution in [0.15, 0.2) is 18.2 Å². The molecule has 0 aliphatic heterocycles. The van der Waals surface area contributed by atoms with Crippen molar-refractivity contribution >= 4 is 0 Å². The molecule has 1 aliphatic rings. The second-order valence-corrected chi connectivity index (χ2v) is 6.04. The minimum atomic E-state index is 0.198. The molecule has 1 heteroatoms. The van der Waals surface area contributed by atoms with Crippen LogP contribution in [-0.2, 0) is 5.41 Å². The van der Waals surface area contributed by atoms with Gasteiger partial charge in [0.1, 0.15) is 5.75 Å². The molecule has 0 saturated heterocycles. The number of aryl methyl sites for hydroxylation is 1. The minimum absolute atomic E-state index is 0.198. The maximum atomic E-state index is 5.85. The molecule has 1 aromatic rings. The molecular formula is C15H22O. The molecule has 0 bridgehead atoms. The lowest BCUT2D eigenvalue weighted by molar-refractivity contribution is 0.299. The molecule has 0 atom stereocenters. The molecule has 1 aromatic carbocycles. The largest absolute Gasteiger partial charge is 0.493 e. The molecule has 2 rings (SSSR count). The Labute approximate surface area is 98.8 Å². The third-order valence-electron chi connectivity index (χ3n) is 3.10. The van der Waals surface area contributed by atoms with E-state index < -0.39 is 0 Å². The van der Waals surface area contributed by atoms with Crippen LogP contribution in [-0.4, -0.2) is 6.61 Å². The van der Waals surface area contributed by atoms with Gasteiger partial charge in [-0.2, -0.15) is 0 Å². The van der Waals surface area contributed by atoms with Crippen LogP contribution in [0.25, 0.3) is 0 Å². The van der Waals surface area contributed by atoms with E-state index in [1.54, 1.807) is 0 Å². The third kappa shape index (κ3) is 3.01. The first kappa shape index (κ1) is 11.5. The predicted octanol–water partition coefficient (Wildman–Crippen LogP) is 4.08. The highest BCUT2D eigenvalue weighted by molar-refractivity contribution is 5.37. The second kappa shape index (κ2) is 4.12. The fourth-order valence-corrected chi connectivity index (χ4v) is 1.76. The molecule has 1 aliphatic carbocycles. The van der Waals surface area contributed by atoms with E-state index in [1.165, 1.54) is 24.0 Å². The summed E-state index contributed by atoms with van der Waals surface area (Å²) in [6.07, 6.45) is 2.69. The van der Waals surface area contributed by atoms with Crippen LogP contribution in [0.1, 0.15) is 44.7 Å². The maximum absolute atomic E-state index is 5.85. The summed E-state index contributed by atoms with van der Waals surface area (Å²) in [5, 5.41) is 0. The number of ether oxygens (including phenoxy) is 1. The summed E-state index contributed by atoms with van der Waals surface area (Å²) in [5.74, 6) is 1.86. The smallest absolute Gasteiger partial charge is 0.119 e. The molecule has 16 heavy (non-hydrogen) atoms.